The maximum atomic E-state index is 11.7. The molecule has 6 nitrogen and oxygen atoms in total. The van der Waals surface area contributed by atoms with Crippen molar-refractivity contribution >= 4 is 29.4 Å². The number of carbonyl (C=O) groups is 2. The van der Waals surface area contributed by atoms with Crippen LogP contribution in [0.15, 0.2) is 106 Å². The Morgan fingerprint density at radius 2 is 1.19 bits per heavy atom. The number of hydrogen-bond donors (Lipinski definition) is 0. The van der Waals surface area contributed by atoms with Crippen molar-refractivity contribution in [2.75, 3.05) is 36.1 Å². The van der Waals surface area contributed by atoms with E-state index in [1.165, 1.54) is 38.4 Å². The largest absolute Gasteiger partial charge is 0.378 e. The van der Waals surface area contributed by atoms with Crippen LogP contribution in [-0.4, -0.2) is 44.3 Å². The van der Waals surface area contributed by atoms with Crippen molar-refractivity contribution in [3.63, 3.8) is 0 Å². The van der Waals surface area contributed by atoms with Gasteiger partial charge in [-0.25, -0.2) is 0 Å². The van der Waals surface area contributed by atoms with Crippen LogP contribution in [-0.2, 0) is 27.2 Å². The number of carbonyl (C=O) groups excluding carboxylic acids is 2. The lowest BCUT2D eigenvalue weighted by molar-refractivity contribution is -0.126. The van der Waals surface area contributed by atoms with E-state index in [2.05, 4.69) is 114 Å². The number of amides is 2. The Morgan fingerprint density at radius 1 is 0.698 bits per heavy atom. The van der Waals surface area contributed by atoms with Crippen molar-refractivity contribution in [1.29, 1.82) is 0 Å². The number of ether oxygens (including phenoxy) is 1. The molecular weight excluding hydrogens is 655 g/mol. The molecule has 0 saturated carbocycles. The zero-order valence-electron chi connectivity index (χ0n) is 35.5. The molecule has 1 heterocycles. The molecule has 2 amide bonds. The van der Waals surface area contributed by atoms with Crippen LogP contribution in [0.5, 0.6) is 0 Å². The van der Waals surface area contributed by atoms with Gasteiger partial charge in [0.1, 0.15) is 0 Å². The summed E-state index contributed by atoms with van der Waals surface area (Å²) in [7, 11) is 0. The first-order valence-electron chi connectivity index (χ1n) is 19.6. The molecule has 6 heteroatoms. The molecule has 1 aliphatic heterocycles. The summed E-state index contributed by atoms with van der Waals surface area (Å²) in [4.78, 5) is 31.5. The summed E-state index contributed by atoms with van der Waals surface area (Å²) in [6.45, 7) is 30.2. The predicted molar refractivity (Wildman–Crippen MR) is 231 cm³/mol. The van der Waals surface area contributed by atoms with Crippen LogP contribution in [0, 0.1) is 6.92 Å². The lowest BCUT2D eigenvalue weighted by Crippen LogP contribution is -2.36. The molecular formula is C47H71N3O3. The Morgan fingerprint density at radius 3 is 1.60 bits per heavy atom. The second kappa shape index (κ2) is 29.2. The van der Waals surface area contributed by atoms with E-state index in [0.717, 1.165) is 56.8 Å². The molecule has 0 unspecified atom stereocenters. The molecule has 0 aromatic heterocycles. The lowest BCUT2D eigenvalue weighted by Gasteiger charge is -2.28. The zero-order valence-corrected chi connectivity index (χ0v) is 35.5. The van der Waals surface area contributed by atoms with Gasteiger partial charge in [-0.15, -0.1) is 0 Å². The summed E-state index contributed by atoms with van der Waals surface area (Å²) in [5.74, 6) is -0.314. The van der Waals surface area contributed by atoms with E-state index >= 15 is 0 Å². The lowest BCUT2D eigenvalue weighted by atomic mass is 10.1. The minimum absolute atomic E-state index is 0.157. The van der Waals surface area contributed by atoms with Gasteiger partial charge in [0.25, 0.3) is 0 Å². The molecule has 0 aliphatic carbocycles. The van der Waals surface area contributed by atoms with Crippen molar-refractivity contribution in [3.8, 4) is 0 Å². The third kappa shape index (κ3) is 19.9. The van der Waals surface area contributed by atoms with E-state index in [4.69, 9.17) is 4.74 Å². The highest BCUT2D eigenvalue weighted by Crippen LogP contribution is 2.18. The third-order valence-corrected chi connectivity index (χ3v) is 8.76. The maximum absolute atomic E-state index is 11.7. The summed E-state index contributed by atoms with van der Waals surface area (Å²) in [5.41, 5.74) is 11.0. The Hall–Kier alpha value is -4.29. The molecule has 4 rings (SSSR count). The molecule has 0 bridgehead atoms. The molecule has 1 aliphatic rings. The van der Waals surface area contributed by atoms with Crippen LogP contribution >= 0.6 is 0 Å². The van der Waals surface area contributed by atoms with Crippen molar-refractivity contribution < 1.29 is 14.3 Å². The number of morpholine rings is 1. The SMILES string of the molecule is CC.CCC(=O)N(C(=O)CC)c1ccc(C)cc1.CCC(C)=C(C)N=CC(C)=C(C)C.CCc1ccc(N2CCOCC2)cc1.CCc1ccccc1. The Kier molecular flexibility index (Phi) is 26.8. The number of hydrogen-bond acceptors (Lipinski definition) is 5. The van der Waals surface area contributed by atoms with Gasteiger partial charge >= 0.3 is 0 Å². The van der Waals surface area contributed by atoms with Gasteiger partial charge < -0.3 is 9.64 Å². The first kappa shape index (κ1) is 48.7. The molecule has 0 radical (unpaired) electrons. The normalized spacial score (nSPS) is 12.2. The van der Waals surface area contributed by atoms with E-state index < -0.39 is 0 Å². The Bertz CT molecular complexity index is 1500. The third-order valence-electron chi connectivity index (χ3n) is 8.76. The van der Waals surface area contributed by atoms with Gasteiger partial charge in [-0.3, -0.25) is 19.5 Å². The van der Waals surface area contributed by atoms with Crippen LogP contribution < -0.4 is 9.80 Å². The van der Waals surface area contributed by atoms with Gasteiger partial charge in [0, 0.05) is 43.5 Å². The molecule has 53 heavy (non-hydrogen) atoms. The second-order valence-electron chi connectivity index (χ2n) is 12.8. The maximum Gasteiger partial charge on any atom is 0.233 e. The molecule has 3 aromatic rings. The molecule has 0 N–H and O–H groups in total. The summed E-state index contributed by atoms with van der Waals surface area (Å²) in [6, 6.07) is 26.7. The van der Waals surface area contributed by atoms with Gasteiger partial charge in [0.2, 0.25) is 11.8 Å². The summed E-state index contributed by atoms with van der Waals surface area (Å²) >= 11 is 0. The van der Waals surface area contributed by atoms with Gasteiger partial charge in [-0.2, -0.15) is 0 Å². The summed E-state index contributed by atoms with van der Waals surface area (Å²) < 4.78 is 5.32. The number of allylic oxidation sites excluding steroid dienone is 4. The van der Waals surface area contributed by atoms with Crippen molar-refractivity contribution in [2.24, 2.45) is 4.99 Å². The predicted octanol–water partition coefficient (Wildman–Crippen LogP) is 12.2. The zero-order chi connectivity index (χ0) is 40.2. The fourth-order valence-corrected chi connectivity index (χ4v) is 4.60. The highest BCUT2D eigenvalue weighted by atomic mass is 16.5. The van der Waals surface area contributed by atoms with E-state index in [1.807, 2.05) is 45.2 Å². The number of rotatable bonds is 9. The topological polar surface area (TPSA) is 62.2 Å². The highest BCUT2D eigenvalue weighted by molar-refractivity contribution is 6.14. The van der Waals surface area contributed by atoms with Crippen LogP contribution in [0.25, 0.3) is 0 Å². The second-order valence-corrected chi connectivity index (χ2v) is 12.8. The van der Waals surface area contributed by atoms with E-state index in [1.54, 1.807) is 26.0 Å². The molecule has 0 spiro atoms. The molecule has 1 fully saturated rings. The van der Waals surface area contributed by atoms with Gasteiger partial charge in [0.05, 0.1) is 18.9 Å². The minimum atomic E-state index is -0.157. The van der Waals surface area contributed by atoms with E-state index in [0.29, 0.717) is 18.5 Å². The number of benzene rings is 3. The highest BCUT2D eigenvalue weighted by Gasteiger charge is 2.20. The molecule has 292 valence electrons. The smallest absolute Gasteiger partial charge is 0.233 e. The fourth-order valence-electron chi connectivity index (χ4n) is 4.60. The van der Waals surface area contributed by atoms with Gasteiger partial charge in [-0.1, -0.05) is 120 Å². The average Bonchev–Trinajstić information content (AvgIpc) is 3.22. The summed E-state index contributed by atoms with van der Waals surface area (Å²) in [6.07, 6.45) is 5.95. The van der Waals surface area contributed by atoms with Crippen molar-refractivity contribution in [2.45, 2.75) is 122 Å². The monoisotopic (exact) mass is 726 g/mol. The average molecular weight is 726 g/mol. The van der Waals surface area contributed by atoms with E-state index in [-0.39, 0.29) is 11.8 Å². The van der Waals surface area contributed by atoms with E-state index in [9.17, 15) is 9.59 Å². The van der Waals surface area contributed by atoms with Gasteiger partial charge in [-0.05, 0) is 102 Å². The van der Waals surface area contributed by atoms with Crippen molar-refractivity contribution in [1.82, 2.24) is 0 Å². The van der Waals surface area contributed by atoms with Crippen LogP contribution in [0.1, 0.15) is 119 Å². The molecule has 3 aromatic carbocycles. The number of imide groups is 1. The van der Waals surface area contributed by atoms with Crippen LogP contribution in [0.3, 0.4) is 0 Å². The quantitative estimate of drug-likeness (QED) is 0.206. The Labute approximate surface area is 324 Å². The number of aliphatic imine (C=N–C) groups is 1. The first-order valence-corrected chi connectivity index (χ1v) is 19.6. The number of aryl methyl sites for hydroxylation is 3. The Balaban J connectivity index is 0.000000684. The summed E-state index contributed by atoms with van der Waals surface area (Å²) in [5, 5.41) is 0. The van der Waals surface area contributed by atoms with Crippen LogP contribution in [0.2, 0.25) is 0 Å². The molecule has 1 saturated heterocycles. The number of anilines is 2. The standard InChI is InChI=1S/C13H17NO2.C12H17NO.C12H21N.C8H10.C2H6/c1-4-12(15)14(13(16)5-2)11-8-6-10(3)7-9-11;1-2-11-3-5-12(6-4-11)13-7-9-14-10-8-13;1-7-10(4)12(6)13-8-11(5)9(2)3;1-2-8-6-4-3-5-7-8;1-2/h6-9H,4-5H2,1-3H3;3-6H,2,7-10H2,1H3;8H,7H2,1-6H3;3-7H,2H2,1H3;1-2H3. The van der Waals surface area contributed by atoms with Crippen molar-refractivity contribution in [3.05, 3.63) is 118 Å². The minimum Gasteiger partial charge on any atom is -0.378 e. The number of nitrogens with zero attached hydrogens (tertiary/aromatic N) is 3. The van der Waals surface area contributed by atoms with Crippen LogP contribution in [0.4, 0.5) is 11.4 Å². The van der Waals surface area contributed by atoms with Gasteiger partial charge in [0.15, 0.2) is 0 Å². The fraction of sp³-hybridized carbons (Fsp3) is 0.468. The first-order chi connectivity index (χ1) is 25.4. The molecule has 0 atom stereocenters.